The molecular weight excluding hydrogens is 342 g/mol. The molecule has 0 amide bonds. The van der Waals surface area contributed by atoms with Crippen molar-refractivity contribution in [3.63, 3.8) is 0 Å². The summed E-state index contributed by atoms with van der Waals surface area (Å²) in [6.45, 7) is 2.39. The lowest BCUT2D eigenvalue weighted by Gasteiger charge is -2.06. The van der Waals surface area contributed by atoms with Crippen molar-refractivity contribution in [2.75, 3.05) is 13.2 Å². The third-order valence-corrected chi connectivity index (χ3v) is 3.89. The average Bonchev–Trinajstić information content (AvgIpc) is 3.10. The van der Waals surface area contributed by atoms with Crippen molar-refractivity contribution < 1.29 is 14.3 Å². The highest BCUT2D eigenvalue weighted by Gasteiger charge is 2.05. The molecule has 136 valence electrons. The van der Waals surface area contributed by atoms with Gasteiger partial charge in [-0.15, -0.1) is 0 Å². The number of nitrogens with zero attached hydrogens (tertiary/aromatic N) is 3. The van der Waals surface area contributed by atoms with Crippen molar-refractivity contribution in [1.29, 1.82) is 5.26 Å². The standard InChI is InChI=1S/C21H19N3O3/c1-2-26-21(25)14-27-18-9-7-16(8-10-18)11-17(12-22)13-24-15-23-19-5-3-4-6-20(19)24/h3-11,15H,2,13-14H2,1H3/b17-11-. The number of fused-ring (bicyclic) bond motifs is 1. The first kappa shape index (κ1) is 18.2. The Morgan fingerprint density at radius 2 is 2.00 bits per heavy atom. The maximum Gasteiger partial charge on any atom is 0.344 e. The third kappa shape index (κ3) is 4.73. The van der Waals surface area contributed by atoms with Gasteiger partial charge < -0.3 is 14.0 Å². The van der Waals surface area contributed by atoms with Gasteiger partial charge in [-0.2, -0.15) is 5.26 Å². The van der Waals surface area contributed by atoms with Crippen LogP contribution in [0.25, 0.3) is 17.1 Å². The van der Waals surface area contributed by atoms with E-state index in [0.717, 1.165) is 16.6 Å². The van der Waals surface area contributed by atoms with Gasteiger partial charge in [0.1, 0.15) is 5.75 Å². The van der Waals surface area contributed by atoms with E-state index in [2.05, 4.69) is 11.1 Å². The summed E-state index contributed by atoms with van der Waals surface area (Å²) in [7, 11) is 0. The Morgan fingerprint density at radius 1 is 1.22 bits per heavy atom. The van der Waals surface area contributed by atoms with E-state index in [0.29, 0.717) is 24.5 Å². The average molecular weight is 361 g/mol. The molecule has 27 heavy (non-hydrogen) atoms. The number of aromatic nitrogens is 2. The van der Waals surface area contributed by atoms with Gasteiger partial charge in [0.15, 0.2) is 6.61 Å². The van der Waals surface area contributed by atoms with Crippen LogP contribution in [0.15, 0.2) is 60.4 Å². The summed E-state index contributed by atoms with van der Waals surface area (Å²) in [6, 6.07) is 17.2. The number of imidazole rings is 1. The second-order valence-electron chi connectivity index (χ2n) is 5.81. The second kappa shape index (κ2) is 8.68. The number of nitriles is 1. The van der Waals surface area contributed by atoms with Gasteiger partial charge in [-0.25, -0.2) is 9.78 Å². The van der Waals surface area contributed by atoms with Gasteiger partial charge in [-0.05, 0) is 42.8 Å². The first-order valence-electron chi connectivity index (χ1n) is 8.58. The molecule has 0 unspecified atom stereocenters. The van der Waals surface area contributed by atoms with Crippen LogP contribution in [-0.4, -0.2) is 28.7 Å². The smallest absolute Gasteiger partial charge is 0.344 e. The Kier molecular flexibility index (Phi) is 5.85. The van der Waals surface area contributed by atoms with Gasteiger partial charge in [0.25, 0.3) is 0 Å². The molecule has 0 spiro atoms. The van der Waals surface area contributed by atoms with Crippen molar-refractivity contribution in [2.24, 2.45) is 0 Å². The van der Waals surface area contributed by atoms with Crippen molar-refractivity contribution >= 4 is 23.1 Å². The lowest BCUT2D eigenvalue weighted by Crippen LogP contribution is -2.14. The molecule has 0 radical (unpaired) electrons. The minimum Gasteiger partial charge on any atom is -0.482 e. The molecule has 3 rings (SSSR count). The lowest BCUT2D eigenvalue weighted by atomic mass is 10.1. The van der Waals surface area contributed by atoms with Crippen LogP contribution in [0.3, 0.4) is 0 Å². The van der Waals surface area contributed by atoms with E-state index in [1.807, 2.05) is 47.0 Å². The predicted octanol–water partition coefficient (Wildman–Crippen LogP) is 3.59. The molecule has 0 aliphatic carbocycles. The summed E-state index contributed by atoms with van der Waals surface area (Å²) in [5.41, 5.74) is 3.37. The molecule has 0 saturated heterocycles. The topological polar surface area (TPSA) is 77.1 Å². The molecule has 0 aliphatic rings. The minimum atomic E-state index is -0.402. The number of hydrogen-bond acceptors (Lipinski definition) is 5. The molecule has 1 heterocycles. The van der Waals surface area contributed by atoms with Crippen LogP contribution in [0.5, 0.6) is 5.75 Å². The van der Waals surface area contributed by atoms with Gasteiger partial charge in [0.05, 0.1) is 36.6 Å². The maximum absolute atomic E-state index is 11.3. The molecule has 2 aromatic carbocycles. The highest BCUT2D eigenvalue weighted by atomic mass is 16.6. The van der Waals surface area contributed by atoms with Crippen LogP contribution in [0, 0.1) is 11.3 Å². The summed E-state index contributed by atoms with van der Waals surface area (Å²) < 4.78 is 12.1. The van der Waals surface area contributed by atoms with Crippen LogP contribution in [0.4, 0.5) is 0 Å². The Bertz CT molecular complexity index is 997. The summed E-state index contributed by atoms with van der Waals surface area (Å²) in [4.78, 5) is 15.7. The molecule has 0 N–H and O–H groups in total. The zero-order valence-corrected chi connectivity index (χ0v) is 15.0. The minimum absolute atomic E-state index is 0.125. The van der Waals surface area contributed by atoms with Crippen molar-refractivity contribution in [3.05, 3.63) is 66.0 Å². The number of benzene rings is 2. The molecule has 0 atom stereocenters. The van der Waals surface area contributed by atoms with E-state index in [-0.39, 0.29) is 6.61 Å². The second-order valence-corrected chi connectivity index (χ2v) is 5.81. The monoisotopic (exact) mass is 361 g/mol. The molecular formula is C21H19N3O3. The number of para-hydroxylation sites is 2. The Balaban J connectivity index is 1.68. The van der Waals surface area contributed by atoms with Gasteiger partial charge in [-0.3, -0.25) is 0 Å². The summed E-state index contributed by atoms with van der Waals surface area (Å²) in [5, 5.41) is 9.48. The predicted molar refractivity (Wildman–Crippen MR) is 102 cm³/mol. The van der Waals surface area contributed by atoms with Crippen molar-refractivity contribution in [2.45, 2.75) is 13.5 Å². The third-order valence-electron chi connectivity index (χ3n) is 3.89. The fraction of sp³-hybridized carbons (Fsp3) is 0.190. The number of hydrogen-bond donors (Lipinski definition) is 0. The number of carbonyl (C=O) groups excluding carboxylic acids is 1. The van der Waals surface area contributed by atoms with Crippen LogP contribution in [0.2, 0.25) is 0 Å². The lowest BCUT2D eigenvalue weighted by molar-refractivity contribution is -0.145. The van der Waals surface area contributed by atoms with Crippen LogP contribution in [-0.2, 0) is 16.1 Å². The molecule has 1 aromatic heterocycles. The van der Waals surface area contributed by atoms with E-state index in [1.165, 1.54) is 0 Å². The Hall–Kier alpha value is -3.59. The number of carbonyl (C=O) groups is 1. The number of esters is 1. The zero-order valence-electron chi connectivity index (χ0n) is 15.0. The molecule has 0 aliphatic heterocycles. The highest BCUT2D eigenvalue weighted by Crippen LogP contribution is 2.17. The maximum atomic E-state index is 11.3. The van der Waals surface area contributed by atoms with Gasteiger partial charge >= 0.3 is 5.97 Å². The van der Waals surface area contributed by atoms with E-state index in [4.69, 9.17) is 9.47 Å². The van der Waals surface area contributed by atoms with Gasteiger partial charge in [-0.1, -0.05) is 24.3 Å². The normalized spacial score (nSPS) is 11.2. The highest BCUT2D eigenvalue weighted by molar-refractivity contribution is 5.75. The molecule has 3 aromatic rings. The summed E-state index contributed by atoms with van der Waals surface area (Å²) in [6.07, 6.45) is 3.56. The SMILES string of the molecule is CCOC(=O)COc1ccc(/C=C(/C#N)Cn2cnc3ccccc32)cc1. The molecule has 6 heteroatoms. The van der Waals surface area contributed by atoms with Crippen LogP contribution >= 0.6 is 0 Å². The molecule has 0 saturated carbocycles. The zero-order chi connectivity index (χ0) is 19.1. The van der Waals surface area contributed by atoms with E-state index < -0.39 is 5.97 Å². The van der Waals surface area contributed by atoms with E-state index >= 15 is 0 Å². The Labute approximate surface area is 157 Å². The van der Waals surface area contributed by atoms with Crippen molar-refractivity contribution in [1.82, 2.24) is 9.55 Å². The van der Waals surface area contributed by atoms with Gasteiger partial charge in [0.2, 0.25) is 0 Å². The van der Waals surface area contributed by atoms with Crippen molar-refractivity contribution in [3.8, 4) is 11.8 Å². The fourth-order valence-electron chi connectivity index (χ4n) is 2.64. The van der Waals surface area contributed by atoms with E-state index in [9.17, 15) is 10.1 Å². The van der Waals surface area contributed by atoms with E-state index in [1.54, 1.807) is 25.4 Å². The first-order valence-corrected chi connectivity index (χ1v) is 8.58. The quantitative estimate of drug-likeness (QED) is 0.475. The number of ether oxygens (including phenoxy) is 2. The number of rotatable bonds is 7. The first-order chi connectivity index (χ1) is 13.2. The van der Waals surface area contributed by atoms with Gasteiger partial charge in [0, 0.05) is 5.57 Å². The fourth-order valence-corrected chi connectivity index (χ4v) is 2.64. The summed E-state index contributed by atoms with van der Waals surface area (Å²) in [5.74, 6) is 0.167. The van der Waals surface area contributed by atoms with Crippen LogP contribution in [0.1, 0.15) is 12.5 Å². The number of allylic oxidation sites excluding steroid dienone is 1. The summed E-state index contributed by atoms with van der Waals surface area (Å²) >= 11 is 0. The molecule has 0 bridgehead atoms. The Morgan fingerprint density at radius 3 is 2.74 bits per heavy atom. The molecule has 0 fully saturated rings. The molecule has 6 nitrogen and oxygen atoms in total. The van der Waals surface area contributed by atoms with Crippen LogP contribution < -0.4 is 4.74 Å². The largest absolute Gasteiger partial charge is 0.482 e.